The van der Waals surface area contributed by atoms with Gasteiger partial charge in [0, 0.05) is 0 Å². The number of hydrogen-bond donors (Lipinski definition) is 1. The fourth-order valence-electron chi connectivity index (χ4n) is 2.06. The monoisotopic (exact) mass is 150 g/mol. The van der Waals surface area contributed by atoms with E-state index in [1.165, 1.54) is 25.7 Å². The molecule has 0 unspecified atom stereocenters. The molecule has 2 nitrogen and oxygen atoms in total. The van der Waals surface area contributed by atoms with Gasteiger partial charge in [-0.25, -0.2) is 0 Å². The van der Waals surface area contributed by atoms with E-state index >= 15 is 0 Å². The van der Waals surface area contributed by atoms with Crippen molar-refractivity contribution in [3.8, 4) is 6.07 Å². The second kappa shape index (κ2) is 2.22. The van der Waals surface area contributed by atoms with Crippen LogP contribution >= 0.6 is 0 Å². The zero-order valence-corrected chi connectivity index (χ0v) is 6.93. The highest BCUT2D eigenvalue weighted by Crippen LogP contribution is 2.51. The lowest BCUT2D eigenvalue weighted by Crippen LogP contribution is -2.45. The second-order valence-corrected chi connectivity index (χ2v) is 3.78. The van der Waals surface area contributed by atoms with Crippen molar-refractivity contribution in [1.82, 2.24) is 5.32 Å². The number of nitrogens with zero attached hydrogens (tertiary/aromatic N) is 1. The molecule has 0 bridgehead atoms. The fraction of sp³-hybridized carbons (Fsp3) is 0.889. The fourth-order valence-corrected chi connectivity index (χ4v) is 2.06. The van der Waals surface area contributed by atoms with Gasteiger partial charge in [-0.15, -0.1) is 0 Å². The predicted octanol–water partition coefficient (Wildman–Crippen LogP) is 1.29. The van der Waals surface area contributed by atoms with Gasteiger partial charge in [0.1, 0.15) is 5.54 Å². The molecule has 0 amide bonds. The zero-order valence-electron chi connectivity index (χ0n) is 6.93. The van der Waals surface area contributed by atoms with Gasteiger partial charge in [-0.3, -0.25) is 0 Å². The normalized spacial score (nSPS) is 24.7. The Kier molecular flexibility index (Phi) is 1.43. The van der Waals surface area contributed by atoms with Crippen LogP contribution < -0.4 is 5.32 Å². The third kappa shape index (κ3) is 0.954. The molecule has 0 aliphatic heterocycles. The van der Waals surface area contributed by atoms with Crippen LogP contribution in [-0.4, -0.2) is 12.6 Å². The molecule has 0 radical (unpaired) electrons. The molecule has 2 aliphatic carbocycles. The van der Waals surface area contributed by atoms with E-state index in [9.17, 15) is 0 Å². The summed E-state index contributed by atoms with van der Waals surface area (Å²) in [7, 11) is 1.93. The molecular weight excluding hydrogens is 136 g/mol. The van der Waals surface area contributed by atoms with Crippen molar-refractivity contribution in [2.75, 3.05) is 7.05 Å². The Morgan fingerprint density at radius 3 is 1.91 bits per heavy atom. The summed E-state index contributed by atoms with van der Waals surface area (Å²) in [5, 5.41) is 12.3. The Hall–Kier alpha value is -0.550. The van der Waals surface area contributed by atoms with Crippen LogP contribution in [0.15, 0.2) is 0 Å². The largest absolute Gasteiger partial charge is 0.302 e. The third-order valence-corrected chi connectivity index (χ3v) is 3.04. The van der Waals surface area contributed by atoms with Crippen LogP contribution in [0.1, 0.15) is 25.7 Å². The number of rotatable bonds is 3. The predicted molar refractivity (Wildman–Crippen MR) is 42.9 cm³/mol. The van der Waals surface area contributed by atoms with Gasteiger partial charge < -0.3 is 5.32 Å². The molecule has 0 spiro atoms. The van der Waals surface area contributed by atoms with Crippen molar-refractivity contribution in [2.45, 2.75) is 31.2 Å². The Bertz CT molecular complexity index is 184. The van der Waals surface area contributed by atoms with Gasteiger partial charge in [0.2, 0.25) is 0 Å². The maximum absolute atomic E-state index is 9.08. The molecule has 2 saturated carbocycles. The summed E-state index contributed by atoms with van der Waals surface area (Å²) in [6.45, 7) is 0. The van der Waals surface area contributed by atoms with Crippen molar-refractivity contribution in [1.29, 1.82) is 5.26 Å². The molecule has 2 heteroatoms. The molecule has 2 rings (SSSR count). The molecular formula is C9H14N2. The molecule has 0 aromatic rings. The molecule has 0 saturated heterocycles. The van der Waals surface area contributed by atoms with Gasteiger partial charge in [-0.05, 0) is 44.6 Å². The van der Waals surface area contributed by atoms with Crippen molar-refractivity contribution in [2.24, 2.45) is 11.8 Å². The average Bonchev–Trinajstić information content (AvgIpc) is 2.87. The van der Waals surface area contributed by atoms with E-state index < -0.39 is 0 Å². The third-order valence-electron chi connectivity index (χ3n) is 3.04. The maximum Gasteiger partial charge on any atom is 0.112 e. The van der Waals surface area contributed by atoms with Gasteiger partial charge in [0.15, 0.2) is 0 Å². The summed E-state index contributed by atoms with van der Waals surface area (Å²) in [5.41, 5.74) is -0.139. The molecule has 2 aliphatic rings. The first kappa shape index (κ1) is 7.12. The maximum atomic E-state index is 9.08. The summed E-state index contributed by atoms with van der Waals surface area (Å²) in [6, 6.07) is 2.48. The van der Waals surface area contributed by atoms with Crippen LogP contribution in [0.25, 0.3) is 0 Å². The van der Waals surface area contributed by atoms with E-state index in [0.717, 1.165) is 0 Å². The quantitative estimate of drug-likeness (QED) is 0.658. The van der Waals surface area contributed by atoms with Crippen LogP contribution in [0.5, 0.6) is 0 Å². The van der Waals surface area contributed by atoms with E-state index in [4.69, 9.17) is 5.26 Å². The van der Waals surface area contributed by atoms with E-state index in [0.29, 0.717) is 11.8 Å². The lowest BCUT2D eigenvalue weighted by molar-refractivity contribution is 0.346. The molecule has 0 aromatic heterocycles. The summed E-state index contributed by atoms with van der Waals surface area (Å²) < 4.78 is 0. The average molecular weight is 150 g/mol. The number of hydrogen-bond acceptors (Lipinski definition) is 2. The van der Waals surface area contributed by atoms with Gasteiger partial charge in [0.25, 0.3) is 0 Å². The number of nitrogens with one attached hydrogen (secondary N) is 1. The first-order valence-electron chi connectivity index (χ1n) is 4.43. The summed E-state index contributed by atoms with van der Waals surface area (Å²) >= 11 is 0. The van der Waals surface area contributed by atoms with E-state index in [1.54, 1.807) is 0 Å². The van der Waals surface area contributed by atoms with Crippen molar-refractivity contribution in [3.63, 3.8) is 0 Å². The smallest absolute Gasteiger partial charge is 0.112 e. The standard InChI is InChI=1S/C9H14N2/c1-11-9(6-10,7-2-3-7)8-4-5-8/h7-8,11H,2-5H2,1H3. The number of nitriles is 1. The highest BCUT2D eigenvalue weighted by atomic mass is 15.0. The van der Waals surface area contributed by atoms with Gasteiger partial charge in [0.05, 0.1) is 6.07 Å². The zero-order chi connectivity index (χ0) is 7.90. The highest BCUT2D eigenvalue weighted by molar-refractivity contribution is 5.20. The van der Waals surface area contributed by atoms with Gasteiger partial charge in [-0.1, -0.05) is 0 Å². The van der Waals surface area contributed by atoms with Crippen LogP contribution in [0.2, 0.25) is 0 Å². The molecule has 11 heavy (non-hydrogen) atoms. The minimum Gasteiger partial charge on any atom is -0.302 e. The van der Waals surface area contributed by atoms with Gasteiger partial charge in [-0.2, -0.15) is 5.26 Å². The Labute approximate surface area is 67.6 Å². The van der Waals surface area contributed by atoms with E-state index in [1.807, 2.05) is 7.05 Å². The molecule has 0 heterocycles. The Balaban J connectivity index is 2.15. The summed E-state index contributed by atoms with van der Waals surface area (Å²) in [4.78, 5) is 0. The van der Waals surface area contributed by atoms with Gasteiger partial charge >= 0.3 is 0 Å². The molecule has 60 valence electrons. The highest BCUT2D eigenvalue weighted by Gasteiger charge is 2.53. The molecule has 0 atom stereocenters. The minimum absolute atomic E-state index is 0.139. The van der Waals surface area contributed by atoms with E-state index in [2.05, 4.69) is 11.4 Å². The van der Waals surface area contributed by atoms with Crippen molar-refractivity contribution >= 4 is 0 Å². The van der Waals surface area contributed by atoms with Crippen LogP contribution in [0, 0.1) is 23.2 Å². The molecule has 0 aromatic carbocycles. The topological polar surface area (TPSA) is 35.8 Å². The molecule has 2 fully saturated rings. The summed E-state index contributed by atoms with van der Waals surface area (Å²) in [5.74, 6) is 1.31. The van der Waals surface area contributed by atoms with E-state index in [-0.39, 0.29) is 5.54 Å². The van der Waals surface area contributed by atoms with Crippen LogP contribution in [-0.2, 0) is 0 Å². The second-order valence-electron chi connectivity index (χ2n) is 3.78. The van der Waals surface area contributed by atoms with Crippen molar-refractivity contribution < 1.29 is 0 Å². The Morgan fingerprint density at radius 1 is 1.27 bits per heavy atom. The first-order valence-corrected chi connectivity index (χ1v) is 4.43. The molecule has 1 N–H and O–H groups in total. The lowest BCUT2D eigenvalue weighted by atomic mass is 9.89. The lowest BCUT2D eigenvalue weighted by Gasteiger charge is -2.25. The van der Waals surface area contributed by atoms with Crippen LogP contribution in [0.4, 0.5) is 0 Å². The Morgan fingerprint density at radius 2 is 1.73 bits per heavy atom. The first-order chi connectivity index (χ1) is 5.33. The van der Waals surface area contributed by atoms with Crippen LogP contribution in [0.3, 0.4) is 0 Å². The summed E-state index contributed by atoms with van der Waals surface area (Å²) in [6.07, 6.45) is 5.02. The SMILES string of the molecule is CNC(C#N)(C1CC1)C1CC1. The minimum atomic E-state index is -0.139. The van der Waals surface area contributed by atoms with Crippen molar-refractivity contribution in [3.05, 3.63) is 0 Å².